The highest BCUT2D eigenvalue weighted by atomic mass is 16.2. The van der Waals surface area contributed by atoms with Crippen molar-refractivity contribution in [1.82, 2.24) is 29.9 Å². The monoisotopic (exact) mass is 348 g/mol. The van der Waals surface area contributed by atoms with Gasteiger partial charge in [-0.2, -0.15) is 0 Å². The summed E-state index contributed by atoms with van der Waals surface area (Å²) in [6.45, 7) is 2.45. The van der Waals surface area contributed by atoms with Gasteiger partial charge in [-0.3, -0.25) is 4.79 Å². The molecule has 1 aromatic carbocycles. The Labute approximate surface area is 152 Å². The highest BCUT2D eigenvalue weighted by Crippen LogP contribution is 2.17. The molecule has 0 fully saturated rings. The molecule has 7 heteroatoms. The molecule has 0 radical (unpaired) electrons. The van der Waals surface area contributed by atoms with Crippen molar-refractivity contribution >= 4 is 12.0 Å². The highest BCUT2D eigenvalue weighted by molar-refractivity contribution is 5.92. The summed E-state index contributed by atoms with van der Waals surface area (Å²) in [5, 5.41) is 8.02. The van der Waals surface area contributed by atoms with Gasteiger partial charge in [0, 0.05) is 13.2 Å². The Bertz CT molecular complexity index is 875. The second-order valence-electron chi connectivity index (χ2n) is 5.87. The van der Waals surface area contributed by atoms with Crippen LogP contribution in [0.1, 0.15) is 34.7 Å². The molecule has 0 bridgehead atoms. The van der Waals surface area contributed by atoms with Gasteiger partial charge in [-0.05, 0) is 18.6 Å². The lowest BCUT2D eigenvalue weighted by Gasteiger charge is -2.23. The first kappa shape index (κ1) is 17.5. The van der Waals surface area contributed by atoms with Crippen LogP contribution in [0.15, 0.2) is 61.2 Å². The molecule has 0 N–H and O–H groups in total. The SMILES string of the molecule is CC(c1ccncn1)N(C)C(=O)c1cn(C/C=C/c2ccccc2)nn1. The van der Waals surface area contributed by atoms with Crippen LogP contribution < -0.4 is 0 Å². The standard InChI is InChI=1S/C19H20N6O/c1-15(17-10-11-20-14-21-17)24(2)19(26)18-13-25(23-22-18)12-6-9-16-7-4-3-5-8-16/h3-11,13-15H,12H2,1-2H3/b9-6+. The predicted molar refractivity (Wildman–Crippen MR) is 98.0 cm³/mol. The normalized spacial score (nSPS) is 12.2. The van der Waals surface area contributed by atoms with E-state index < -0.39 is 0 Å². The van der Waals surface area contributed by atoms with Crippen molar-refractivity contribution in [2.75, 3.05) is 7.05 Å². The zero-order valence-corrected chi connectivity index (χ0v) is 14.7. The van der Waals surface area contributed by atoms with Crippen molar-refractivity contribution in [1.29, 1.82) is 0 Å². The van der Waals surface area contributed by atoms with Crippen molar-refractivity contribution in [2.24, 2.45) is 0 Å². The van der Waals surface area contributed by atoms with E-state index >= 15 is 0 Å². The van der Waals surface area contributed by atoms with E-state index in [9.17, 15) is 4.79 Å². The molecule has 1 unspecified atom stereocenters. The van der Waals surface area contributed by atoms with E-state index in [2.05, 4.69) is 20.3 Å². The van der Waals surface area contributed by atoms with Crippen LogP contribution in [-0.2, 0) is 6.54 Å². The van der Waals surface area contributed by atoms with Crippen LogP contribution in [-0.4, -0.2) is 42.8 Å². The van der Waals surface area contributed by atoms with Gasteiger partial charge in [0.05, 0.1) is 24.5 Å². The van der Waals surface area contributed by atoms with Crippen LogP contribution in [0.5, 0.6) is 0 Å². The first-order valence-corrected chi connectivity index (χ1v) is 8.30. The molecule has 0 aliphatic carbocycles. The van der Waals surface area contributed by atoms with Gasteiger partial charge in [0.1, 0.15) is 6.33 Å². The van der Waals surface area contributed by atoms with Crippen LogP contribution in [0.2, 0.25) is 0 Å². The van der Waals surface area contributed by atoms with Crippen molar-refractivity contribution in [3.63, 3.8) is 0 Å². The van der Waals surface area contributed by atoms with Crippen LogP contribution in [0.3, 0.4) is 0 Å². The van der Waals surface area contributed by atoms with Crippen molar-refractivity contribution in [3.05, 3.63) is 78.1 Å². The summed E-state index contributed by atoms with van der Waals surface area (Å²) in [6, 6.07) is 11.6. The fourth-order valence-corrected chi connectivity index (χ4v) is 2.45. The summed E-state index contributed by atoms with van der Waals surface area (Å²) in [5.41, 5.74) is 2.19. The molecule has 0 aliphatic rings. The fourth-order valence-electron chi connectivity index (χ4n) is 2.45. The van der Waals surface area contributed by atoms with Crippen LogP contribution in [0, 0.1) is 0 Å². The number of carbonyl (C=O) groups excluding carboxylic acids is 1. The quantitative estimate of drug-likeness (QED) is 0.684. The van der Waals surface area contributed by atoms with E-state index in [1.165, 1.54) is 6.33 Å². The molecule has 7 nitrogen and oxygen atoms in total. The van der Waals surface area contributed by atoms with Crippen LogP contribution in [0.4, 0.5) is 0 Å². The Morgan fingerprint density at radius 2 is 2.08 bits per heavy atom. The first-order chi connectivity index (χ1) is 12.6. The average molecular weight is 348 g/mol. The van der Waals surface area contributed by atoms with Crippen molar-refractivity contribution < 1.29 is 4.79 Å². The molecule has 132 valence electrons. The van der Waals surface area contributed by atoms with Crippen molar-refractivity contribution in [3.8, 4) is 0 Å². The molecule has 1 amide bonds. The Morgan fingerprint density at radius 1 is 1.27 bits per heavy atom. The van der Waals surface area contributed by atoms with E-state index in [0.717, 1.165) is 11.3 Å². The Kier molecular flexibility index (Phi) is 5.48. The molecular weight excluding hydrogens is 328 g/mol. The average Bonchev–Trinajstić information content (AvgIpc) is 3.16. The van der Waals surface area contributed by atoms with Gasteiger partial charge in [-0.25, -0.2) is 14.6 Å². The van der Waals surface area contributed by atoms with Crippen molar-refractivity contribution in [2.45, 2.75) is 19.5 Å². The summed E-state index contributed by atoms with van der Waals surface area (Å²) in [7, 11) is 1.73. The largest absolute Gasteiger partial charge is 0.332 e. The lowest BCUT2D eigenvalue weighted by Crippen LogP contribution is -2.30. The van der Waals surface area contributed by atoms with Gasteiger partial charge in [-0.15, -0.1) is 5.10 Å². The molecule has 2 aromatic heterocycles. The summed E-state index contributed by atoms with van der Waals surface area (Å²) in [5.74, 6) is -0.200. The first-order valence-electron chi connectivity index (χ1n) is 8.30. The molecule has 0 aliphatic heterocycles. The molecular formula is C19H20N6O. The molecule has 0 saturated carbocycles. The maximum atomic E-state index is 12.6. The minimum Gasteiger partial charge on any atom is -0.332 e. The Balaban J connectivity index is 1.63. The summed E-state index contributed by atoms with van der Waals surface area (Å²) >= 11 is 0. The van der Waals surface area contributed by atoms with Gasteiger partial charge in [0.15, 0.2) is 5.69 Å². The Morgan fingerprint density at radius 3 is 2.81 bits per heavy atom. The van der Waals surface area contributed by atoms with Crippen LogP contribution in [0.25, 0.3) is 6.08 Å². The molecule has 3 aromatic rings. The number of rotatable bonds is 6. The lowest BCUT2D eigenvalue weighted by atomic mass is 10.2. The molecule has 1 atom stereocenters. The number of benzene rings is 1. The van der Waals surface area contributed by atoms with E-state index in [1.54, 1.807) is 35.1 Å². The van der Waals surface area contributed by atoms with Crippen LogP contribution >= 0.6 is 0 Å². The van der Waals surface area contributed by atoms with E-state index in [0.29, 0.717) is 12.2 Å². The third-order valence-electron chi connectivity index (χ3n) is 4.09. The second-order valence-corrected chi connectivity index (χ2v) is 5.87. The molecule has 0 saturated heterocycles. The fraction of sp³-hybridized carbons (Fsp3) is 0.211. The van der Waals surface area contributed by atoms with E-state index in [4.69, 9.17) is 0 Å². The number of carbonyl (C=O) groups is 1. The number of aromatic nitrogens is 5. The molecule has 26 heavy (non-hydrogen) atoms. The number of allylic oxidation sites excluding steroid dienone is 1. The minimum atomic E-state index is -0.200. The van der Waals surface area contributed by atoms with E-state index in [-0.39, 0.29) is 11.9 Å². The maximum Gasteiger partial charge on any atom is 0.276 e. The van der Waals surface area contributed by atoms with Gasteiger partial charge in [0.2, 0.25) is 0 Å². The third kappa shape index (κ3) is 4.18. The van der Waals surface area contributed by atoms with Gasteiger partial charge >= 0.3 is 0 Å². The second kappa shape index (κ2) is 8.15. The third-order valence-corrected chi connectivity index (χ3v) is 4.09. The van der Waals surface area contributed by atoms with Gasteiger partial charge in [-0.1, -0.05) is 47.7 Å². The van der Waals surface area contributed by atoms with E-state index in [1.807, 2.05) is 49.4 Å². The topological polar surface area (TPSA) is 76.8 Å². The molecule has 0 spiro atoms. The molecule has 3 rings (SSSR count). The number of hydrogen-bond donors (Lipinski definition) is 0. The summed E-state index contributed by atoms with van der Waals surface area (Å²) in [6.07, 6.45) is 8.77. The molecule has 2 heterocycles. The number of nitrogens with zero attached hydrogens (tertiary/aromatic N) is 6. The predicted octanol–water partition coefficient (Wildman–Crippen LogP) is 2.61. The zero-order chi connectivity index (χ0) is 18.4. The lowest BCUT2D eigenvalue weighted by molar-refractivity contribution is 0.0733. The zero-order valence-electron chi connectivity index (χ0n) is 14.7. The Hall–Kier alpha value is -3.35. The highest BCUT2D eigenvalue weighted by Gasteiger charge is 2.22. The summed E-state index contributed by atoms with van der Waals surface area (Å²) < 4.78 is 1.63. The number of amides is 1. The maximum absolute atomic E-state index is 12.6. The van der Waals surface area contributed by atoms with Gasteiger partial charge < -0.3 is 4.90 Å². The minimum absolute atomic E-state index is 0.186. The number of hydrogen-bond acceptors (Lipinski definition) is 5. The summed E-state index contributed by atoms with van der Waals surface area (Å²) in [4.78, 5) is 22.3. The smallest absolute Gasteiger partial charge is 0.276 e. The van der Waals surface area contributed by atoms with Gasteiger partial charge in [0.25, 0.3) is 5.91 Å².